The molecule has 1 radical (unpaired) electrons. The van der Waals surface area contributed by atoms with Gasteiger partial charge in [0.15, 0.2) is 0 Å². The minimum Gasteiger partial charge on any atom is -0.872 e. The van der Waals surface area contributed by atoms with Gasteiger partial charge in [-0.3, -0.25) is 9.90 Å². The zero-order valence-electron chi connectivity index (χ0n) is 13.8. The van der Waals surface area contributed by atoms with Crippen LogP contribution in [0.1, 0.15) is 19.4 Å². The molecule has 2 rings (SSSR count). The van der Waals surface area contributed by atoms with Crippen molar-refractivity contribution >= 4 is 17.0 Å². The Balaban J connectivity index is 0.00000123. The maximum Gasteiger partial charge on any atom is 2.00 e. The second-order valence-corrected chi connectivity index (χ2v) is 4.85. The molecule has 0 heterocycles. The molecule has 0 aromatic heterocycles. The van der Waals surface area contributed by atoms with Crippen LogP contribution in [0.3, 0.4) is 0 Å². The molecule has 6 nitrogen and oxygen atoms in total. The summed E-state index contributed by atoms with van der Waals surface area (Å²) in [5.41, 5.74) is 14.2. The summed E-state index contributed by atoms with van der Waals surface area (Å²) in [4.78, 5) is 8.24. The molecule has 0 saturated carbocycles. The molecule has 0 aliphatic heterocycles. The van der Waals surface area contributed by atoms with Gasteiger partial charge < -0.3 is 21.1 Å². The molecule has 2 aromatic rings. The van der Waals surface area contributed by atoms with Gasteiger partial charge in [0.2, 0.25) is 0 Å². The first kappa shape index (κ1) is 22.0. The van der Waals surface area contributed by atoms with E-state index >= 15 is 0 Å². The molecular formula is C17H21CuN5O. The van der Waals surface area contributed by atoms with Crippen molar-refractivity contribution < 1.29 is 22.2 Å². The third kappa shape index (κ3) is 6.60. The summed E-state index contributed by atoms with van der Waals surface area (Å²) in [5.74, 6) is 0.0373. The molecule has 7 heteroatoms. The monoisotopic (exact) mass is 374 g/mol. The predicted octanol–water partition coefficient (Wildman–Crippen LogP) is 3.54. The van der Waals surface area contributed by atoms with Crippen molar-refractivity contribution in [1.29, 1.82) is 0 Å². The van der Waals surface area contributed by atoms with E-state index in [-0.39, 0.29) is 22.8 Å². The van der Waals surface area contributed by atoms with Crippen molar-refractivity contribution in [1.82, 2.24) is 4.90 Å². The Labute approximate surface area is 153 Å². The van der Waals surface area contributed by atoms with Gasteiger partial charge in [-0.05, 0) is 29.4 Å². The Hall–Kier alpha value is -2.04. The number of aliphatic imine (C=N–C) groups is 1. The van der Waals surface area contributed by atoms with Gasteiger partial charge in [-0.15, -0.1) is 0 Å². The van der Waals surface area contributed by atoms with Gasteiger partial charge >= 0.3 is 17.1 Å². The van der Waals surface area contributed by atoms with Crippen LogP contribution in [0, 0.1) is 0 Å². The second kappa shape index (κ2) is 12.4. The van der Waals surface area contributed by atoms with E-state index in [9.17, 15) is 5.11 Å². The van der Waals surface area contributed by atoms with Crippen molar-refractivity contribution in [3.05, 3.63) is 57.9 Å². The number of fused-ring (bicyclic) bond motifs is 1. The topological polar surface area (TPSA) is 97.4 Å². The summed E-state index contributed by atoms with van der Waals surface area (Å²) in [6, 6.07) is 11.4. The fourth-order valence-electron chi connectivity index (χ4n) is 2.30. The summed E-state index contributed by atoms with van der Waals surface area (Å²) in [7, 11) is 0. The van der Waals surface area contributed by atoms with Crippen molar-refractivity contribution in [3.8, 4) is 5.75 Å². The smallest absolute Gasteiger partial charge is 0.872 e. The van der Waals surface area contributed by atoms with Crippen LogP contribution in [0.15, 0.2) is 41.4 Å². The van der Waals surface area contributed by atoms with Gasteiger partial charge in [0, 0.05) is 12.8 Å². The summed E-state index contributed by atoms with van der Waals surface area (Å²) >= 11 is 0. The van der Waals surface area contributed by atoms with Crippen molar-refractivity contribution in [2.24, 2.45) is 4.99 Å². The van der Waals surface area contributed by atoms with Crippen LogP contribution in [-0.4, -0.2) is 37.3 Å². The van der Waals surface area contributed by atoms with E-state index in [0.717, 1.165) is 37.0 Å². The number of benzene rings is 2. The number of rotatable bonds is 6. The van der Waals surface area contributed by atoms with E-state index in [1.54, 1.807) is 12.3 Å². The fourth-order valence-corrected chi connectivity index (χ4v) is 2.30. The van der Waals surface area contributed by atoms with Crippen LogP contribution in [0.4, 0.5) is 0 Å². The van der Waals surface area contributed by atoms with Gasteiger partial charge in [-0.25, -0.2) is 0 Å². The molecule has 24 heavy (non-hydrogen) atoms. The van der Waals surface area contributed by atoms with Crippen LogP contribution in [0.25, 0.3) is 26.7 Å². The van der Waals surface area contributed by atoms with Gasteiger partial charge in [0.05, 0.1) is 6.54 Å². The first-order valence-electron chi connectivity index (χ1n) is 7.57. The Bertz CT molecular complexity index is 680. The summed E-state index contributed by atoms with van der Waals surface area (Å²) in [6.07, 6.45) is 1.73. The van der Waals surface area contributed by atoms with Crippen LogP contribution in [0.5, 0.6) is 5.75 Å². The molecule has 0 unspecified atom stereocenters. The van der Waals surface area contributed by atoms with Crippen molar-refractivity contribution in [2.45, 2.75) is 13.8 Å². The number of hydrogen-bond donors (Lipinski definition) is 0. The van der Waals surface area contributed by atoms with Crippen LogP contribution < -0.4 is 5.11 Å². The average molecular weight is 375 g/mol. The van der Waals surface area contributed by atoms with Gasteiger partial charge in [-0.1, -0.05) is 56.0 Å². The van der Waals surface area contributed by atoms with Gasteiger partial charge in [-0.2, -0.15) is 0 Å². The molecule has 0 spiro atoms. The third-order valence-electron chi connectivity index (χ3n) is 3.59. The summed E-state index contributed by atoms with van der Waals surface area (Å²) < 4.78 is 0. The molecule has 0 aliphatic rings. The molecule has 0 N–H and O–H groups in total. The van der Waals surface area contributed by atoms with E-state index < -0.39 is 0 Å². The molecular weight excluding hydrogens is 354 g/mol. The molecule has 0 atom stereocenters. The summed E-state index contributed by atoms with van der Waals surface area (Å²) in [6.45, 7) is 8.02. The molecule has 2 aromatic carbocycles. The van der Waals surface area contributed by atoms with Gasteiger partial charge in [0.25, 0.3) is 0 Å². The van der Waals surface area contributed by atoms with Crippen LogP contribution >= 0.6 is 0 Å². The number of likely N-dealkylation sites (N-methyl/N-ethyl adjacent to an activating group) is 1. The minimum absolute atomic E-state index is 0. The second-order valence-electron chi connectivity index (χ2n) is 4.85. The van der Waals surface area contributed by atoms with Crippen molar-refractivity contribution in [3.63, 3.8) is 0 Å². The Kier molecular flexibility index (Phi) is 11.3. The average Bonchev–Trinajstić information content (AvgIpc) is 2.57. The Morgan fingerprint density at radius 2 is 1.75 bits per heavy atom. The Morgan fingerprint density at radius 1 is 1.12 bits per heavy atom. The van der Waals surface area contributed by atoms with E-state index in [2.05, 4.69) is 23.7 Å². The van der Waals surface area contributed by atoms with E-state index in [0.29, 0.717) is 5.56 Å². The fraction of sp³-hybridized carbons (Fsp3) is 0.353. The SMILES string of the molecule is CCN(CC)CCN=Cc1c([O-])ccc2ccccc12.[Cu+2].[N-]=[N+]=[N-]. The number of hydrogen-bond acceptors (Lipinski definition) is 3. The van der Waals surface area contributed by atoms with Crippen molar-refractivity contribution in [2.75, 3.05) is 26.2 Å². The largest absolute Gasteiger partial charge is 2.00 e. The molecule has 0 amide bonds. The first-order valence-corrected chi connectivity index (χ1v) is 7.57. The summed E-state index contributed by atoms with van der Waals surface area (Å²) in [5, 5.41) is 14.0. The normalized spacial score (nSPS) is 10.1. The minimum atomic E-state index is 0. The quantitative estimate of drug-likeness (QED) is 0.254. The third-order valence-corrected chi connectivity index (χ3v) is 3.59. The standard InChI is InChI=1S/C17H22N2O.Cu.N3/c1-3-19(4-2)12-11-18-13-16-15-8-6-5-7-14(15)9-10-17(16)20;;1-3-2/h5-10,13,20H,3-4,11-12H2,1-2H3;;/q;+2;-1/p-1. The molecule has 0 saturated heterocycles. The Morgan fingerprint density at radius 3 is 2.38 bits per heavy atom. The zero-order chi connectivity index (χ0) is 17.1. The molecule has 131 valence electrons. The predicted molar refractivity (Wildman–Crippen MR) is 93.7 cm³/mol. The van der Waals surface area contributed by atoms with E-state index in [4.69, 9.17) is 11.1 Å². The number of nitrogens with zero attached hydrogens (tertiary/aromatic N) is 5. The molecule has 0 bridgehead atoms. The zero-order valence-corrected chi connectivity index (χ0v) is 14.8. The van der Waals surface area contributed by atoms with E-state index in [1.165, 1.54) is 4.91 Å². The maximum absolute atomic E-state index is 12.0. The molecule has 0 aliphatic carbocycles. The van der Waals surface area contributed by atoms with E-state index in [1.807, 2.05) is 30.3 Å². The maximum atomic E-state index is 12.0. The van der Waals surface area contributed by atoms with Gasteiger partial charge in [0.1, 0.15) is 0 Å². The molecule has 0 fully saturated rings. The van der Waals surface area contributed by atoms with Crippen LogP contribution in [0.2, 0.25) is 0 Å². The van der Waals surface area contributed by atoms with Crippen LogP contribution in [-0.2, 0) is 17.1 Å². The first-order chi connectivity index (χ1) is 11.2.